The molecule has 13 heavy (non-hydrogen) atoms. The van der Waals surface area contributed by atoms with Gasteiger partial charge in [0.2, 0.25) is 0 Å². The molecule has 0 aliphatic heterocycles. The van der Waals surface area contributed by atoms with Crippen LogP contribution in [0, 0.1) is 0 Å². The summed E-state index contributed by atoms with van der Waals surface area (Å²) in [6.07, 6.45) is 1.42. The Bertz CT molecular complexity index is 377. The zero-order valence-electron chi connectivity index (χ0n) is 6.37. The van der Waals surface area contributed by atoms with Gasteiger partial charge in [-0.2, -0.15) is 10.1 Å². The summed E-state index contributed by atoms with van der Waals surface area (Å²) in [6, 6.07) is 0. The Balaban J connectivity index is 2.96. The molecule has 0 atom stereocenters. The highest BCUT2D eigenvalue weighted by atomic mass is 35.6. The monoisotopic (exact) mass is 259 g/mol. The first-order valence-electron chi connectivity index (χ1n) is 3.05. The first-order chi connectivity index (χ1) is 5.89. The third-order valence-electron chi connectivity index (χ3n) is 1.01. The third kappa shape index (κ3) is 3.27. The van der Waals surface area contributed by atoms with Crippen LogP contribution in [-0.2, 0) is 11.8 Å². The van der Waals surface area contributed by atoms with E-state index in [0.717, 1.165) is 0 Å². The van der Waals surface area contributed by atoms with Gasteiger partial charge < -0.3 is 0 Å². The molecule has 1 rings (SSSR count). The van der Waals surface area contributed by atoms with Crippen molar-refractivity contribution in [3.8, 4) is 0 Å². The minimum atomic E-state index is -2.00. The molecule has 0 N–H and O–H groups in total. The van der Waals surface area contributed by atoms with Gasteiger partial charge in [-0.05, 0) is 11.5 Å². The summed E-state index contributed by atoms with van der Waals surface area (Å²) in [5, 5.41) is 3.81. The van der Waals surface area contributed by atoms with Gasteiger partial charge in [-0.15, -0.1) is 0 Å². The van der Waals surface area contributed by atoms with Gasteiger partial charge in [0.05, 0.1) is 6.20 Å². The summed E-state index contributed by atoms with van der Waals surface area (Å²) in [5.74, 6) is -0.818. The number of hydrogen-bond donors (Lipinski definition) is 0. The number of aromatic nitrogens is 2. The molecular formula is C5H4Cl3N3OS. The molecule has 0 bridgehead atoms. The molecule has 0 saturated heterocycles. The van der Waals surface area contributed by atoms with Crippen LogP contribution in [0.5, 0.6) is 0 Å². The summed E-state index contributed by atoms with van der Waals surface area (Å²) < 4.78 is -0.0635. The number of aryl methyl sites for hydroxylation is 1. The molecule has 1 aromatic heterocycles. The lowest BCUT2D eigenvalue weighted by atomic mass is 10.7. The number of carbonyl (C=O) groups excluding carboxylic acids is 1. The van der Waals surface area contributed by atoms with Crippen molar-refractivity contribution in [3.05, 3.63) is 10.9 Å². The van der Waals surface area contributed by atoms with Crippen LogP contribution >= 0.6 is 46.3 Å². The second kappa shape index (κ2) is 3.96. The number of nitrogens with zero attached hydrogens (tertiary/aromatic N) is 3. The lowest BCUT2D eigenvalue weighted by molar-refractivity contribution is -0.117. The minimum Gasteiger partial charge on any atom is -0.268 e. The van der Waals surface area contributed by atoms with Crippen LogP contribution in [0.3, 0.4) is 0 Å². The van der Waals surface area contributed by atoms with Crippen molar-refractivity contribution in [1.29, 1.82) is 0 Å². The normalized spacial score (nSPS) is 13.4. The molecular weight excluding hydrogens is 257 g/mol. The highest BCUT2D eigenvalue weighted by Gasteiger charge is 2.30. The summed E-state index contributed by atoms with van der Waals surface area (Å²) >= 11 is 17.1. The van der Waals surface area contributed by atoms with Gasteiger partial charge in [0, 0.05) is 7.05 Å². The molecule has 0 spiro atoms. The first-order valence-corrected chi connectivity index (χ1v) is 4.96. The number of amides is 1. The fraction of sp³-hybridized carbons (Fsp3) is 0.400. The van der Waals surface area contributed by atoms with Crippen LogP contribution in [0.15, 0.2) is 11.2 Å². The van der Waals surface area contributed by atoms with E-state index in [9.17, 15) is 4.79 Å². The van der Waals surface area contributed by atoms with Crippen molar-refractivity contribution in [3.63, 3.8) is 0 Å². The molecule has 1 heterocycles. The molecule has 0 aliphatic rings. The second-order valence-corrected chi connectivity index (χ2v) is 5.46. The fourth-order valence-electron chi connectivity index (χ4n) is 0.526. The van der Waals surface area contributed by atoms with E-state index in [-0.39, 0.29) is 0 Å². The molecule has 1 amide bonds. The maximum atomic E-state index is 11.1. The molecule has 1 aromatic rings. The van der Waals surface area contributed by atoms with Crippen molar-refractivity contribution in [2.45, 2.75) is 3.79 Å². The number of carbonyl (C=O) groups is 1. The predicted molar refractivity (Wildman–Crippen MR) is 51.9 cm³/mol. The van der Waals surface area contributed by atoms with Crippen LogP contribution in [0.4, 0.5) is 0 Å². The Hall–Kier alpha value is -0.100. The molecule has 0 aromatic carbocycles. The highest BCUT2D eigenvalue weighted by Crippen LogP contribution is 2.27. The van der Waals surface area contributed by atoms with E-state index in [2.05, 4.69) is 10.1 Å². The predicted octanol–water partition coefficient (Wildman–Crippen LogP) is 1.28. The summed E-state index contributed by atoms with van der Waals surface area (Å²) in [5.41, 5.74) is 0. The average Bonchev–Trinajstić information content (AvgIpc) is 2.33. The van der Waals surface area contributed by atoms with Crippen LogP contribution in [0.25, 0.3) is 0 Å². The van der Waals surface area contributed by atoms with Crippen LogP contribution in [-0.4, -0.2) is 18.9 Å². The topological polar surface area (TPSA) is 47.2 Å². The van der Waals surface area contributed by atoms with Crippen molar-refractivity contribution in [2.75, 3.05) is 0 Å². The van der Waals surface area contributed by atoms with Gasteiger partial charge in [-0.25, -0.2) is 4.07 Å². The molecule has 0 radical (unpaired) electrons. The second-order valence-electron chi connectivity index (χ2n) is 2.05. The quantitative estimate of drug-likeness (QED) is 0.660. The van der Waals surface area contributed by atoms with Crippen molar-refractivity contribution >= 4 is 52.2 Å². The third-order valence-corrected chi connectivity index (χ3v) is 2.24. The standard InChI is InChI=1S/C5H4Cl3N3OS/c1-11-9-2-3(13-11)10-4(12)5(6,7)8/h2H,1H3. The number of alkyl halides is 3. The van der Waals surface area contributed by atoms with Gasteiger partial charge in [0.25, 0.3) is 9.70 Å². The Kier molecular flexibility index (Phi) is 3.34. The number of halogens is 3. The Morgan fingerprint density at radius 2 is 2.31 bits per heavy atom. The van der Waals surface area contributed by atoms with E-state index in [1.165, 1.54) is 21.8 Å². The van der Waals surface area contributed by atoms with Crippen LogP contribution in [0.2, 0.25) is 0 Å². The summed E-state index contributed by atoms with van der Waals surface area (Å²) in [7, 11) is 1.71. The molecule has 8 heteroatoms. The molecule has 0 aliphatic carbocycles. The van der Waals surface area contributed by atoms with Crippen LogP contribution < -0.4 is 4.67 Å². The summed E-state index contributed by atoms with van der Waals surface area (Å²) in [4.78, 5) is 14.6. The Morgan fingerprint density at radius 1 is 1.69 bits per heavy atom. The van der Waals surface area contributed by atoms with Gasteiger partial charge in [0.15, 0.2) is 4.67 Å². The number of rotatable bonds is 0. The summed E-state index contributed by atoms with van der Waals surface area (Å²) in [6.45, 7) is 0. The van der Waals surface area contributed by atoms with E-state index in [0.29, 0.717) is 4.67 Å². The van der Waals surface area contributed by atoms with E-state index < -0.39 is 9.70 Å². The smallest absolute Gasteiger partial charge is 0.268 e. The molecule has 4 nitrogen and oxygen atoms in total. The van der Waals surface area contributed by atoms with Gasteiger partial charge in [-0.1, -0.05) is 34.8 Å². The molecule has 0 fully saturated rings. The van der Waals surface area contributed by atoms with E-state index >= 15 is 0 Å². The fourth-order valence-corrected chi connectivity index (χ4v) is 1.24. The lowest BCUT2D eigenvalue weighted by Gasteiger charge is -2.01. The van der Waals surface area contributed by atoms with Crippen LogP contribution in [0.1, 0.15) is 0 Å². The van der Waals surface area contributed by atoms with E-state index in [4.69, 9.17) is 34.8 Å². The molecule has 0 saturated carbocycles. The zero-order valence-corrected chi connectivity index (χ0v) is 9.45. The molecule has 0 unspecified atom stereocenters. The van der Waals surface area contributed by atoms with Gasteiger partial charge in [0.1, 0.15) is 0 Å². The maximum absolute atomic E-state index is 11.1. The lowest BCUT2D eigenvalue weighted by Crippen LogP contribution is -2.18. The first kappa shape index (κ1) is 11.0. The van der Waals surface area contributed by atoms with E-state index in [1.54, 1.807) is 7.05 Å². The zero-order chi connectivity index (χ0) is 10.1. The van der Waals surface area contributed by atoms with Gasteiger partial charge >= 0.3 is 0 Å². The van der Waals surface area contributed by atoms with Gasteiger partial charge in [-0.3, -0.25) is 4.79 Å². The number of hydrogen-bond acceptors (Lipinski definition) is 3. The minimum absolute atomic E-state index is 0.402. The average molecular weight is 261 g/mol. The maximum Gasteiger partial charge on any atom is 0.299 e. The Labute approximate surface area is 92.9 Å². The molecule has 72 valence electrons. The van der Waals surface area contributed by atoms with Crippen molar-refractivity contribution in [1.82, 2.24) is 9.17 Å². The SMILES string of the molecule is Cn1ncc(=NC(=O)C(Cl)(Cl)Cl)s1. The van der Waals surface area contributed by atoms with Crippen molar-refractivity contribution in [2.24, 2.45) is 12.0 Å². The Morgan fingerprint density at radius 3 is 2.69 bits per heavy atom. The van der Waals surface area contributed by atoms with E-state index in [1.807, 2.05) is 0 Å². The van der Waals surface area contributed by atoms with Crippen molar-refractivity contribution < 1.29 is 4.79 Å². The largest absolute Gasteiger partial charge is 0.299 e. The highest BCUT2D eigenvalue weighted by molar-refractivity contribution is 7.03.